The lowest BCUT2D eigenvalue weighted by Gasteiger charge is -2.30. The normalized spacial score (nSPS) is 18.8. The molecule has 0 spiro atoms. The second-order valence-electron chi connectivity index (χ2n) is 5.69. The molecule has 1 atom stereocenters. The standard InChI is InChI=1S/C16H22N4O3/c1-11-4-5-13(14(8-11)21-3)22-10-15-18-16(19-23-15)12-9-17-6-7-20(12)2/h4-5,8,12,17H,6-7,9-10H2,1-3H3. The van der Waals surface area contributed by atoms with E-state index in [2.05, 4.69) is 27.4 Å². The van der Waals surface area contributed by atoms with Gasteiger partial charge in [0.1, 0.15) is 0 Å². The van der Waals surface area contributed by atoms with Crippen LogP contribution in [0.3, 0.4) is 0 Å². The van der Waals surface area contributed by atoms with Crippen molar-refractivity contribution in [3.8, 4) is 11.5 Å². The van der Waals surface area contributed by atoms with Crippen molar-refractivity contribution in [1.29, 1.82) is 0 Å². The van der Waals surface area contributed by atoms with Gasteiger partial charge in [0.05, 0.1) is 13.2 Å². The van der Waals surface area contributed by atoms with Crippen molar-refractivity contribution in [3.05, 3.63) is 35.5 Å². The SMILES string of the molecule is COc1cc(C)ccc1OCc1nc(C2CNCCN2C)no1. The molecule has 3 rings (SSSR count). The summed E-state index contributed by atoms with van der Waals surface area (Å²) in [5.41, 5.74) is 1.11. The average molecular weight is 318 g/mol. The van der Waals surface area contributed by atoms with Gasteiger partial charge in [-0.25, -0.2) is 0 Å². The molecule has 23 heavy (non-hydrogen) atoms. The van der Waals surface area contributed by atoms with Crippen molar-refractivity contribution in [3.63, 3.8) is 0 Å². The van der Waals surface area contributed by atoms with Gasteiger partial charge in [-0.05, 0) is 31.7 Å². The molecule has 0 bridgehead atoms. The van der Waals surface area contributed by atoms with Gasteiger partial charge in [0.25, 0.3) is 5.89 Å². The Balaban J connectivity index is 1.65. The van der Waals surface area contributed by atoms with Gasteiger partial charge in [-0.1, -0.05) is 11.2 Å². The largest absolute Gasteiger partial charge is 0.493 e. The number of aryl methyl sites for hydroxylation is 1. The summed E-state index contributed by atoms with van der Waals surface area (Å²) in [5, 5.41) is 7.42. The third-order valence-electron chi connectivity index (χ3n) is 3.96. The van der Waals surface area contributed by atoms with E-state index < -0.39 is 0 Å². The van der Waals surface area contributed by atoms with Crippen LogP contribution < -0.4 is 14.8 Å². The Kier molecular flexibility index (Phi) is 4.78. The Labute approximate surface area is 135 Å². The molecule has 7 nitrogen and oxygen atoms in total. The number of aromatic nitrogens is 2. The van der Waals surface area contributed by atoms with E-state index in [1.807, 2.05) is 25.1 Å². The molecule has 2 aromatic rings. The van der Waals surface area contributed by atoms with E-state index in [-0.39, 0.29) is 12.6 Å². The second kappa shape index (κ2) is 6.97. The van der Waals surface area contributed by atoms with Gasteiger partial charge in [0, 0.05) is 19.6 Å². The summed E-state index contributed by atoms with van der Waals surface area (Å²) < 4.78 is 16.4. The van der Waals surface area contributed by atoms with Crippen LogP contribution in [0.15, 0.2) is 22.7 Å². The van der Waals surface area contributed by atoms with Crippen molar-refractivity contribution in [2.45, 2.75) is 19.6 Å². The summed E-state index contributed by atoms with van der Waals surface area (Å²) in [5.74, 6) is 2.51. The number of rotatable bonds is 5. The van der Waals surface area contributed by atoms with Crippen LogP contribution >= 0.6 is 0 Å². The average Bonchev–Trinajstić information content (AvgIpc) is 3.02. The van der Waals surface area contributed by atoms with E-state index in [0.29, 0.717) is 23.2 Å². The highest BCUT2D eigenvalue weighted by molar-refractivity contribution is 5.42. The molecule has 0 radical (unpaired) electrons. The molecule has 1 fully saturated rings. The summed E-state index contributed by atoms with van der Waals surface area (Å²) in [6.45, 7) is 4.99. The van der Waals surface area contributed by atoms with Gasteiger partial charge in [-0.2, -0.15) is 4.98 Å². The van der Waals surface area contributed by atoms with Crippen LogP contribution in [0.4, 0.5) is 0 Å². The van der Waals surface area contributed by atoms with Crippen LogP contribution in [0.1, 0.15) is 23.3 Å². The van der Waals surface area contributed by atoms with Gasteiger partial charge < -0.3 is 19.3 Å². The molecule has 0 amide bonds. The number of benzene rings is 1. The maximum absolute atomic E-state index is 5.75. The Hall–Kier alpha value is -2.12. The molecule has 0 saturated carbocycles. The Morgan fingerprint density at radius 2 is 2.26 bits per heavy atom. The lowest BCUT2D eigenvalue weighted by molar-refractivity contribution is 0.189. The second-order valence-corrected chi connectivity index (χ2v) is 5.69. The Bertz CT molecular complexity index is 659. The van der Waals surface area contributed by atoms with E-state index in [9.17, 15) is 0 Å². The molecule has 2 heterocycles. The summed E-state index contributed by atoms with van der Waals surface area (Å²) in [7, 11) is 3.69. The zero-order valence-electron chi connectivity index (χ0n) is 13.7. The van der Waals surface area contributed by atoms with Crippen molar-refractivity contribution in [2.24, 2.45) is 0 Å². The van der Waals surface area contributed by atoms with E-state index in [4.69, 9.17) is 14.0 Å². The van der Waals surface area contributed by atoms with Gasteiger partial charge in [-0.15, -0.1) is 0 Å². The molecule has 1 unspecified atom stereocenters. The minimum atomic E-state index is 0.134. The van der Waals surface area contributed by atoms with Crippen molar-refractivity contribution in [2.75, 3.05) is 33.8 Å². The monoisotopic (exact) mass is 318 g/mol. The number of nitrogens with one attached hydrogen (secondary N) is 1. The molecule has 1 aliphatic rings. The van der Waals surface area contributed by atoms with E-state index in [0.717, 1.165) is 25.2 Å². The molecule has 1 aromatic heterocycles. The molecule has 7 heteroatoms. The smallest absolute Gasteiger partial charge is 0.264 e. The Morgan fingerprint density at radius 1 is 1.39 bits per heavy atom. The maximum atomic E-state index is 5.75. The first-order valence-corrected chi connectivity index (χ1v) is 7.68. The number of hydrogen-bond donors (Lipinski definition) is 1. The van der Waals surface area contributed by atoms with Crippen molar-refractivity contribution < 1.29 is 14.0 Å². The highest BCUT2D eigenvalue weighted by Crippen LogP contribution is 2.28. The summed E-state index contributed by atoms with van der Waals surface area (Å²) in [6, 6.07) is 5.91. The van der Waals surface area contributed by atoms with E-state index in [1.54, 1.807) is 7.11 Å². The number of piperazine rings is 1. The fourth-order valence-corrected chi connectivity index (χ4v) is 2.59. The molecule has 1 N–H and O–H groups in total. The van der Waals surface area contributed by atoms with Gasteiger partial charge in [0.2, 0.25) is 0 Å². The molecule has 1 saturated heterocycles. The first kappa shape index (κ1) is 15.8. The minimum absolute atomic E-state index is 0.134. The van der Waals surface area contributed by atoms with Crippen molar-refractivity contribution in [1.82, 2.24) is 20.4 Å². The predicted octanol–water partition coefficient (Wildman–Crippen LogP) is 1.54. The third kappa shape index (κ3) is 3.62. The van der Waals surface area contributed by atoms with E-state index >= 15 is 0 Å². The van der Waals surface area contributed by atoms with Gasteiger partial charge in [-0.3, -0.25) is 4.90 Å². The zero-order chi connectivity index (χ0) is 16.2. The topological polar surface area (TPSA) is 72.7 Å². The number of likely N-dealkylation sites (N-methyl/N-ethyl adjacent to an activating group) is 1. The first-order chi connectivity index (χ1) is 11.2. The number of ether oxygens (including phenoxy) is 2. The number of nitrogens with zero attached hydrogens (tertiary/aromatic N) is 3. The Morgan fingerprint density at radius 3 is 3.04 bits per heavy atom. The molecular weight excluding hydrogens is 296 g/mol. The van der Waals surface area contributed by atoms with E-state index in [1.165, 1.54) is 0 Å². The summed E-state index contributed by atoms with van der Waals surface area (Å²) in [4.78, 5) is 6.66. The molecule has 124 valence electrons. The highest BCUT2D eigenvalue weighted by atomic mass is 16.5. The zero-order valence-corrected chi connectivity index (χ0v) is 13.7. The van der Waals surface area contributed by atoms with Crippen LogP contribution in [0, 0.1) is 6.92 Å². The number of hydrogen-bond acceptors (Lipinski definition) is 7. The first-order valence-electron chi connectivity index (χ1n) is 7.68. The summed E-state index contributed by atoms with van der Waals surface area (Å²) in [6.07, 6.45) is 0. The fourth-order valence-electron chi connectivity index (χ4n) is 2.59. The molecule has 0 aliphatic carbocycles. The van der Waals surface area contributed by atoms with Crippen LogP contribution in [0.25, 0.3) is 0 Å². The van der Waals surface area contributed by atoms with Crippen LogP contribution in [-0.2, 0) is 6.61 Å². The van der Waals surface area contributed by atoms with Crippen LogP contribution in [0.2, 0.25) is 0 Å². The predicted molar refractivity (Wildman–Crippen MR) is 84.6 cm³/mol. The molecule has 1 aromatic carbocycles. The van der Waals surface area contributed by atoms with Gasteiger partial charge in [0.15, 0.2) is 23.9 Å². The minimum Gasteiger partial charge on any atom is -0.493 e. The maximum Gasteiger partial charge on any atom is 0.264 e. The summed E-state index contributed by atoms with van der Waals surface area (Å²) >= 11 is 0. The van der Waals surface area contributed by atoms with Gasteiger partial charge >= 0.3 is 0 Å². The van der Waals surface area contributed by atoms with Crippen molar-refractivity contribution >= 4 is 0 Å². The molecular formula is C16H22N4O3. The van der Waals surface area contributed by atoms with Crippen LogP contribution in [0.5, 0.6) is 11.5 Å². The molecule has 1 aliphatic heterocycles. The lowest BCUT2D eigenvalue weighted by atomic mass is 10.2. The third-order valence-corrected chi connectivity index (χ3v) is 3.96. The highest BCUT2D eigenvalue weighted by Gasteiger charge is 2.25. The quantitative estimate of drug-likeness (QED) is 0.896. The fraction of sp³-hybridized carbons (Fsp3) is 0.500. The lowest BCUT2D eigenvalue weighted by Crippen LogP contribution is -2.44. The van der Waals surface area contributed by atoms with Crippen LogP contribution in [-0.4, -0.2) is 48.8 Å². The number of methoxy groups -OCH3 is 1.